The Hall–Kier alpha value is -2.10. The summed E-state index contributed by atoms with van der Waals surface area (Å²) in [5, 5.41) is 4.00. The van der Waals surface area contributed by atoms with Crippen molar-refractivity contribution in [1.29, 1.82) is 0 Å². The molecular formula is C19H22N2O2. The topological polar surface area (TPSA) is 46.3 Å². The largest absolute Gasteiger partial charge is 0.360 e. The van der Waals surface area contributed by atoms with Crippen molar-refractivity contribution in [2.24, 2.45) is 5.92 Å². The van der Waals surface area contributed by atoms with Crippen LogP contribution in [0, 0.1) is 5.92 Å². The van der Waals surface area contributed by atoms with Gasteiger partial charge >= 0.3 is 0 Å². The predicted octanol–water partition coefficient (Wildman–Crippen LogP) is 3.65. The number of amides is 1. The average molecular weight is 310 g/mol. The second-order valence-corrected chi connectivity index (χ2v) is 6.87. The molecule has 1 amide bonds. The van der Waals surface area contributed by atoms with Crippen LogP contribution in [0.25, 0.3) is 0 Å². The first-order valence-corrected chi connectivity index (χ1v) is 8.54. The van der Waals surface area contributed by atoms with E-state index in [2.05, 4.69) is 36.3 Å². The van der Waals surface area contributed by atoms with Crippen LogP contribution in [-0.4, -0.2) is 28.6 Å². The van der Waals surface area contributed by atoms with E-state index in [1.165, 1.54) is 5.56 Å². The molecule has 120 valence electrons. The molecule has 1 aromatic heterocycles. The van der Waals surface area contributed by atoms with E-state index in [1.54, 1.807) is 0 Å². The minimum Gasteiger partial charge on any atom is -0.360 e. The monoisotopic (exact) mass is 310 g/mol. The number of nitrogens with zero attached hydrogens (tertiary/aromatic N) is 2. The highest BCUT2D eigenvalue weighted by molar-refractivity contribution is 5.92. The fourth-order valence-electron chi connectivity index (χ4n) is 3.58. The summed E-state index contributed by atoms with van der Waals surface area (Å²) in [6.45, 7) is 2.96. The minimum atomic E-state index is 0.0173. The third kappa shape index (κ3) is 2.90. The molecule has 0 N–H and O–H groups in total. The van der Waals surface area contributed by atoms with Crippen molar-refractivity contribution < 1.29 is 9.32 Å². The van der Waals surface area contributed by atoms with Gasteiger partial charge in [0.1, 0.15) is 5.76 Å². The zero-order valence-electron chi connectivity index (χ0n) is 13.4. The molecule has 1 saturated heterocycles. The molecule has 2 heterocycles. The first-order valence-electron chi connectivity index (χ1n) is 8.54. The van der Waals surface area contributed by atoms with Gasteiger partial charge in [-0.2, -0.15) is 0 Å². The van der Waals surface area contributed by atoms with E-state index in [9.17, 15) is 4.79 Å². The van der Waals surface area contributed by atoms with E-state index in [1.807, 2.05) is 17.0 Å². The maximum absolute atomic E-state index is 12.7. The molecule has 4 rings (SSSR count). The van der Waals surface area contributed by atoms with Gasteiger partial charge in [-0.15, -0.1) is 0 Å². The van der Waals surface area contributed by atoms with Gasteiger partial charge in [-0.25, -0.2) is 0 Å². The summed E-state index contributed by atoms with van der Waals surface area (Å²) in [4.78, 5) is 14.7. The third-order valence-corrected chi connectivity index (χ3v) is 5.24. The molecule has 0 radical (unpaired) electrons. The summed E-state index contributed by atoms with van der Waals surface area (Å²) >= 11 is 0. The van der Waals surface area contributed by atoms with Crippen molar-refractivity contribution in [2.45, 2.75) is 44.6 Å². The van der Waals surface area contributed by atoms with Crippen LogP contribution >= 0.6 is 0 Å². The quantitative estimate of drug-likeness (QED) is 0.866. The van der Waals surface area contributed by atoms with Crippen LogP contribution in [0.15, 0.2) is 40.9 Å². The number of likely N-dealkylation sites (tertiary alicyclic amines) is 1. The van der Waals surface area contributed by atoms with Crippen molar-refractivity contribution >= 4 is 5.91 Å². The van der Waals surface area contributed by atoms with Crippen LogP contribution in [-0.2, 0) is 6.42 Å². The van der Waals surface area contributed by atoms with Crippen molar-refractivity contribution in [3.63, 3.8) is 0 Å². The number of hydrogen-bond donors (Lipinski definition) is 0. The lowest BCUT2D eigenvalue weighted by Gasteiger charge is -2.24. The van der Waals surface area contributed by atoms with Gasteiger partial charge in [0.2, 0.25) is 0 Å². The van der Waals surface area contributed by atoms with Crippen molar-refractivity contribution in [3.05, 3.63) is 53.4 Å². The standard InChI is InChI=1S/C19H22N2O2/c1-13-16(11-14-5-3-2-4-6-14)9-10-21(13)19(22)17-12-18(23-20-17)15-7-8-15/h2-6,12-13,15-16H,7-11H2,1H3/t13-,16+/m0/s1. The van der Waals surface area contributed by atoms with E-state index in [0.717, 1.165) is 38.0 Å². The van der Waals surface area contributed by atoms with Crippen LogP contribution in [0.4, 0.5) is 0 Å². The normalized spacial score (nSPS) is 24.1. The molecule has 2 aliphatic rings. The molecule has 0 unspecified atom stereocenters. The van der Waals surface area contributed by atoms with Gasteiger partial charge in [0.05, 0.1) is 0 Å². The maximum Gasteiger partial charge on any atom is 0.276 e. The molecule has 4 heteroatoms. The van der Waals surface area contributed by atoms with E-state index in [4.69, 9.17) is 4.52 Å². The van der Waals surface area contributed by atoms with E-state index in [0.29, 0.717) is 17.5 Å². The fourth-order valence-corrected chi connectivity index (χ4v) is 3.58. The van der Waals surface area contributed by atoms with Crippen molar-refractivity contribution in [1.82, 2.24) is 10.1 Å². The number of benzene rings is 1. The predicted molar refractivity (Wildman–Crippen MR) is 87.2 cm³/mol. The molecule has 2 fully saturated rings. The molecule has 0 bridgehead atoms. The molecule has 1 aromatic carbocycles. The molecule has 1 aliphatic heterocycles. The first-order chi connectivity index (χ1) is 11.2. The number of carbonyl (C=O) groups excluding carboxylic acids is 1. The summed E-state index contributed by atoms with van der Waals surface area (Å²) in [6, 6.07) is 12.6. The van der Waals surface area contributed by atoms with Crippen LogP contribution in [0.2, 0.25) is 0 Å². The van der Waals surface area contributed by atoms with Gasteiger partial charge in [0.15, 0.2) is 5.69 Å². The molecular weight excluding hydrogens is 288 g/mol. The van der Waals surface area contributed by atoms with Gasteiger partial charge in [-0.1, -0.05) is 35.5 Å². The summed E-state index contributed by atoms with van der Waals surface area (Å²) in [7, 11) is 0. The fraction of sp³-hybridized carbons (Fsp3) is 0.474. The Labute approximate surface area is 136 Å². The van der Waals surface area contributed by atoms with Gasteiger partial charge in [-0.3, -0.25) is 4.79 Å². The van der Waals surface area contributed by atoms with E-state index >= 15 is 0 Å². The maximum atomic E-state index is 12.7. The highest BCUT2D eigenvalue weighted by Gasteiger charge is 2.36. The molecule has 2 atom stereocenters. The Morgan fingerprint density at radius 1 is 1.26 bits per heavy atom. The van der Waals surface area contributed by atoms with Crippen molar-refractivity contribution in [3.8, 4) is 0 Å². The van der Waals surface area contributed by atoms with Crippen LogP contribution in [0.3, 0.4) is 0 Å². The van der Waals surface area contributed by atoms with Gasteiger partial charge in [0.25, 0.3) is 5.91 Å². The lowest BCUT2D eigenvalue weighted by atomic mass is 9.93. The highest BCUT2D eigenvalue weighted by Crippen LogP contribution is 2.40. The summed E-state index contributed by atoms with van der Waals surface area (Å²) in [5.74, 6) is 1.90. The Kier molecular flexibility index (Phi) is 3.68. The SMILES string of the molecule is C[C@H]1[C@@H](Cc2ccccc2)CCN1C(=O)c1cc(C2CC2)on1. The van der Waals surface area contributed by atoms with E-state index in [-0.39, 0.29) is 11.9 Å². The summed E-state index contributed by atoms with van der Waals surface area (Å²) in [6.07, 6.45) is 4.39. The first kappa shape index (κ1) is 14.5. The summed E-state index contributed by atoms with van der Waals surface area (Å²) < 4.78 is 5.33. The zero-order valence-corrected chi connectivity index (χ0v) is 13.4. The number of hydrogen-bond acceptors (Lipinski definition) is 3. The van der Waals surface area contributed by atoms with Crippen molar-refractivity contribution in [2.75, 3.05) is 6.54 Å². The molecule has 0 spiro atoms. The zero-order chi connectivity index (χ0) is 15.8. The highest BCUT2D eigenvalue weighted by atomic mass is 16.5. The number of aromatic nitrogens is 1. The van der Waals surface area contributed by atoms with Crippen LogP contribution < -0.4 is 0 Å². The molecule has 1 saturated carbocycles. The Morgan fingerprint density at radius 2 is 2.04 bits per heavy atom. The van der Waals surface area contributed by atoms with E-state index < -0.39 is 0 Å². The smallest absolute Gasteiger partial charge is 0.276 e. The summed E-state index contributed by atoms with van der Waals surface area (Å²) in [5.41, 5.74) is 1.82. The minimum absolute atomic E-state index is 0.0173. The Morgan fingerprint density at radius 3 is 2.78 bits per heavy atom. The second kappa shape index (κ2) is 5.84. The lowest BCUT2D eigenvalue weighted by molar-refractivity contribution is 0.0721. The van der Waals surface area contributed by atoms with Crippen LogP contribution in [0.5, 0.6) is 0 Å². The van der Waals surface area contributed by atoms with Crippen LogP contribution in [0.1, 0.15) is 53.9 Å². The second-order valence-electron chi connectivity index (χ2n) is 6.87. The molecule has 23 heavy (non-hydrogen) atoms. The molecule has 2 aromatic rings. The van der Waals surface area contributed by atoms with Gasteiger partial charge in [0, 0.05) is 24.6 Å². The number of rotatable bonds is 4. The average Bonchev–Trinajstić information content (AvgIpc) is 3.20. The van der Waals surface area contributed by atoms with Gasteiger partial charge in [-0.05, 0) is 44.1 Å². The number of carbonyl (C=O) groups is 1. The third-order valence-electron chi connectivity index (χ3n) is 5.24. The molecule has 1 aliphatic carbocycles. The lowest BCUT2D eigenvalue weighted by Crippen LogP contribution is -2.36. The Balaban J connectivity index is 1.43. The molecule has 4 nitrogen and oxygen atoms in total. The van der Waals surface area contributed by atoms with Gasteiger partial charge < -0.3 is 9.42 Å². The Bertz CT molecular complexity index is 690.